The first-order valence-electron chi connectivity index (χ1n) is 9.89. The van der Waals surface area contributed by atoms with Crippen molar-refractivity contribution >= 4 is 12.4 Å². The standard InChI is InChI=1S/C19H37N7/c1-22-19-12-17(20)6-9-24-13-18(21,14-25-10-11-26-16-19)7-4-2-3-5-8-23-15-19/h2-3,20,23-26H,1,4-16,21H2. The van der Waals surface area contributed by atoms with Crippen molar-refractivity contribution in [2.45, 2.75) is 43.2 Å². The van der Waals surface area contributed by atoms with Crippen LogP contribution in [-0.4, -0.2) is 75.9 Å². The van der Waals surface area contributed by atoms with Crippen molar-refractivity contribution in [1.82, 2.24) is 21.3 Å². The minimum absolute atomic E-state index is 0.265. The molecule has 0 aromatic carbocycles. The van der Waals surface area contributed by atoms with Gasteiger partial charge in [0.2, 0.25) is 0 Å². The second kappa shape index (κ2) is 10.9. The van der Waals surface area contributed by atoms with Crippen molar-refractivity contribution in [3.8, 4) is 0 Å². The van der Waals surface area contributed by atoms with Crippen LogP contribution in [0.15, 0.2) is 17.1 Å². The van der Waals surface area contributed by atoms with Gasteiger partial charge in [-0.2, -0.15) is 0 Å². The van der Waals surface area contributed by atoms with Crippen LogP contribution in [0.4, 0.5) is 0 Å². The van der Waals surface area contributed by atoms with E-state index in [0.717, 1.165) is 83.8 Å². The third kappa shape index (κ3) is 7.25. The molecular weight excluding hydrogens is 326 g/mol. The molecular formula is C19H37N7. The maximum absolute atomic E-state index is 8.41. The maximum atomic E-state index is 8.41. The molecule has 0 amide bonds. The lowest BCUT2D eigenvalue weighted by atomic mass is 9.90. The van der Waals surface area contributed by atoms with Gasteiger partial charge in [0.1, 0.15) is 0 Å². The van der Waals surface area contributed by atoms with Crippen molar-refractivity contribution in [2.24, 2.45) is 10.7 Å². The fraction of sp³-hybridized carbons (Fsp3) is 0.789. The molecule has 0 aromatic rings. The van der Waals surface area contributed by atoms with Crippen LogP contribution < -0.4 is 27.0 Å². The highest BCUT2D eigenvalue weighted by Crippen LogP contribution is 2.17. The van der Waals surface area contributed by atoms with Crippen LogP contribution in [0, 0.1) is 5.41 Å². The predicted molar refractivity (Wildman–Crippen MR) is 111 cm³/mol. The van der Waals surface area contributed by atoms with E-state index in [1.807, 2.05) is 0 Å². The third-order valence-electron chi connectivity index (χ3n) is 5.29. The molecule has 2 bridgehead atoms. The molecule has 26 heavy (non-hydrogen) atoms. The number of nitrogens with two attached hydrogens (primary N) is 1. The molecule has 148 valence electrons. The number of allylic oxidation sites excluding steroid dienone is 1. The summed E-state index contributed by atoms with van der Waals surface area (Å²) in [5.74, 6) is 0. The number of nitrogens with zero attached hydrogens (tertiary/aromatic N) is 1. The zero-order valence-electron chi connectivity index (χ0n) is 16.1. The van der Waals surface area contributed by atoms with E-state index in [1.54, 1.807) is 0 Å². The Morgan fingerprint density at radius 1 is 0.923 bits per heavy atom. The lowest BCUT2D eigenvalue weighted by molar-refractivity contribution is 0.342. The van der Waals surface area contributed by atoms with E-state index in [2.05, 4.69) is 45.1 Å². The number of nitrogens with one attached hydrogen (secondary N) is 5. The Labute approximate surface area is 158 Å². The average Bonchev–Trinajstić information content (AvgIpc) is 2.62. The summed E-state index contributed by atoms with van der Waals surface area (Å²) in [5.41, 5.74) is 6.76. The van der Waals surface area contributed by atoms with Crippen molar-refractivity contribution in [3.63, 3.8) is 0 Å². The van der Waals surface area contributed by atoms with Crippen molar-refractivity contribution < 1.29 is 0 Å². The fourth-order valence-corrected chi connectivity index (χ4v) is 3.60. The van der Waals surface area contributed by atoms with E-state index in [9.17, 15) is 0 Å². The molecule has 2 atom stereocenters. The topological polar surface area (TPSA) is 110 Å². The summed E-state index contributed by atoms with van der Waals surface area (Å²) in [5, 5.41) is 22.4. The highest BCUT2D eigenvalue weighted by molar-refractivity contribution is 5.82. The van der Waals surface area contributed by atoms with Crippen molar-refractivity contribution in [3.05, 3.63) is 12.2 Å². The third-order valence-corrected chi connectivity index (χ3v) is 5.29. The Morgan fingerprint density at radius 2 is 1.54 bits per heavy atom. The second-order valence-corrected chi connectivity index (χ2v) is 7.78. The molecule has 2 unspecified atom stereocenters. The number of hydrogen-bond acceptors (Lipinski definition) is 7. The van der Waals surface area contributed by atoms with Crippen LogP contribution in [-0.2, 0) is 0 Å². The average molecular weight is 364 g/mol. The predicted octanol–water partition coefficient (Wildman–Crippen LogP) is 0.0354. The quantitative estimate of drug-likeness (QED) is 0.291. The lowest BCUT2D eigenvalue weighted by Crippen LogP contribution is -2.56. The smallest absolute Gasteiger partial charge is 0.0899 e. The monoisotopic (exact) mass is 363 g/mol. The molecule has 0 saturated carbocycles. The van der Waals surface area contributed by atoms with Crippen molar-refractivity contribution in [1.29, 1.82) is 5.41 Å². The van der Waals surface area contributed by atoms with Gasteiger partial charge in [0, 0.05) is 63.5 Å². The Bertz CT molecular complexity index is 479. The van der Waals surface area contributed by atoms with Crippen molar-refractivity contribution in [2.75, 3.05) is 52.4 Å². The normalized spacial score (nSPS) is 33.7. The summed E-state index contributed by atoms with van der Waals surface area (Å²) >= 11 is 0. The highest BCUT2D eigenvalue weighted by Gasteiger charge is 2.30. The van der Waals surface area contributed by atoms with Gasteiger partial charge in [-0.25, -0.2) is 0 Å². The summed E-state index contributed by atoms with van der Waals surface area (Å²) in [6.45, 7) is 10.3. The van der Waals surface area contributed by atoms with Crippen LogP contribution in [0.5, 0.6) is 0 Å². The van der Waals surface area contributed by atoms with Gasteiger partial charge in [-0.1, -0.05) is 12.2 Å². The van der Waals surface area contributed by atoms with Crippen LogP contribution in [0.25, 0.3) is 0 Å². The molecule has 3 aliphatic rings. The molecule has 3 rings (SSSR count). The zero-order chi connectivity index (χ0) is 18.7. The summed E-state index contributed by atoms with van der Waals surface area (Å²) in [4.78, 5) is 4.46. The zero-order valence-corrected chi connectivity index (χ0v) is 16.1. The lowest BCUT2D eigenvalue weighted by Gasteiger charge is -2.33. The van der Waals surface area contributed by atoms with E-state index in [1.165, 1.54) is 0 Å². The molecule has 0 aliphatic carbocycles. The van der Waals surface area contributed by atoms with Gasteiger partial charge >= 0.3 is 0 Å². The first-order valence-corrected chi connectivity index (χ1v) is 9.89. The summed E-state index contributed by atoms with van der Waals surface area (Å²) in [7, 11) is 0. The van der Waals surface area contributed by atoms with Gasteiger partial charge in [-0.15, -0.1) is 0 Å². The number of aliphatic imine (C=N–C) groups is 1. The maximum Gasteiger partial charge on any atom is 0.0899 e. The van der Waals surface area contributed by atoms with Gasteiger partial charge in [-0.3, -0.25) is 4.99 Å². The molecule has 3 aliphatic heterocycles. The van der Waals surface area contributed by atoms with Gasteiger partial charge in [0.15, 0.2) is 0 Å². The summed E-state index contributed by atoms with van der Waals surface area (Å²) < 4.78 is 0. The number of rotatable bonds is 1. The Morgan fingerprint density at radius 3 is 2.27 bits per heavy atom. The minimum atomic E-state index is -0.361. The minimum Gasteiger partial charge on any atom is -0.323 e. The Kier molecular flexibility index (Phi) is 8.87. The summed E-state index contributed by atoms with van der Waals surface area (Å²) in [6, 6.07) is 0. The molecule has 0 radical (unpaired) electrons. The van der Waals surface area contributed by atoms with Gasteiger partial charge in [-0.05, 0) is 38.9 Å². The first kappa shape index (κ1) is 21.2. The SMILES string of the molecule is C=NC12CNCCC=CCCC(N)(CNCCNC1)CNCCC(=N)C2. The molecule has 7 nitrogen and oxygen atoms in total. The van der Waals surface area contributed by atoms with Crippen LogP contribution in [0.2, 0.25) is 0 Å². The Hall–Kier alpha value is -1.12. The number of fused-ring (bicyclic) bond motifs is 16. The molecule has 7 heteroatoms. The van der Waals surface area contributed by atoms with E-state index < -0.39 is 0 Å². The van der Waals surface area contributed by atoms with Crippen LogP contribution >= 0.6 is 0 Å². The molecule has 0 aromatic heterocycles. The summed E-state index contributed by atoms with van der Waals surface area (Å²) in [6.07, 6.45) is 8.77. The van der Waals surface area contributed by atoms with Crippen LogP contribution in [0.3, 0.4) is 0 Å². The van der Waals surface area contributed by atoms with E-state index >= 15 is 0 Å². The largest absolute Gasteiger partial charge is 0.323 e. The number of hydrogen-bond donors (Lipinski definition) is 6. The van der Waals surface area contributed by atoms with E-state index in [4.69, 9.17) is 11.1 Å². The second-order valence-electron chi connectivity index (χ2n) is 7.78. The first-order chi connectivity index (χ1) is 12.6. The van der Waals surface area contributed by atoms with Crippen LogP contribution in [0.1, 0.15) is 32.1 Å². The van der Waals surface area contributed by atoms with Gasteiger partial charge < -0.3 is 32.4 Å². The van der Waals surface area contributed by atoms with Gasteiger partial charge in [0.25, 0.3) is 0 Å². The fourth-order valence-electron chi connectivity index (χ4n) is 3.60. The Balaban J connectivity index is 2.17. The highest BCUT2D eigenvalue weighted by atomic mass is 15.1. The molecule has 7 N–H and O–H groups in total. The van der Waals surface area contributed by atoms with E-state index in [0.29, 0.717) is 6.42 Å². The molecule has 3 heterocycles. The van der Waals surface area contributed by atoms with Gasteiger partial charge in [0.05, 0.1) is 5.54 Å². The molecule has 0 spiro atoms. The molecule has 1 saturated heterocycles. The molecule has 1 fully saturated rings. The van der Waals surface area contributed by atoms with E-state index in [-0.39, 0.29) is 11.1 Å².